The highest BCUT2D eigenvalue weighted by atomic mass is 32.2. The average Bonchev–Trinajstić information content (AvgIpc) is 2.96. The topological polar surface area (TPSA) is 66.9 Å². The van der Waals surface area contributed by atoms with Crippen molar-refractivity contribution in [1.29, 1.82) is 0 Å². The van der Waals surface area contributed by atoms with E-state index in [-0.39, 0.29) is 11.2 Å². The molecule has 1 atom stereocenters. The third kappa shape index (κ3) is 5.31. The second-order valence-electron chi connectivity index (χ2n) is 4.69. The van der Waals surface area contributed by atoms with Gasteiger partial charge in [0.05, 0.1) is 5.25 Å². The highest BCUT2D eigenvalue weighted by Crippen LogP contribution is 2.28. The SMILES string of the molecule is CCNc1nnc(S[C@H](C)C(=O)NCCc2ccccc2)s1. The van der Waals surface area contributed by atoms with Crippen molar-refractivity contribution in [2.75, 3.05) is 18.4 Å². The second-order valence-corrected chi connectivity index (χ2v) is 7.26. The molecule has 5 nitrogen and oxygen atoms in total. The number of carbonyl (C=O) groups excluding carboxylic acids is 1. The number of rotatable bonds is 8. The number of benzene rings is 1. The molecule has 0 fully saturated rings. The van der Waals surface area contributed by atoms with Crippen LogP contribution in [0.25, 0.3) is 0 Å². The molecule has 0 aliphatic heterocycles. The summed E-state index contributed by atoms with van der Waals surface area (Å²) < 4.78 is 0.807. The molecule has 7 heteroatoms. The molecule has 1 amide bonds. The highest BCUT2D eigenvalue weighted by Gasteiger charge is 2.16. The highest BCUT2D eigenvalue weighted by molar-refractivity contribution is 8.02. The first kappa shape index (κ1) is 16.8. The number of hydrogen-bond donors (Lipinski definition) is 2. The number of nitrogens with one attached hydrogen (secondary N) is 2. The molecule has 0 unspecified atom stereocenters. The summed E-state index contributed by atoms with van der Waals surface area (Å²) in [5, 5.41) is 14.8. The van der Waals surface area contributed by atoms with Crippen LogP contribution in [0.15, 0.2) is 34.7 Å². The maximum Gasteiger partial charge on any atom is 0.233 e. The first-order valence-electron chi connectivity index (χ1n) is 7.24. The van der Waals surface area contributed by atoms with Crippen LogP contribution in [0.5, 0.6) is 0 Å². The molecule has 0 radical (unpaired) electrons. The zero-order valence-electron chi connectivity index (χ0n) is 12.7. The Hall–Kier alpha value is -1.60. The van der Waals surface area contributed by atoms with Crippen molar-refractivity contribution < 1.29 is 4.79 Å². The van der Waals surface area contributed by atoms with Gasteiger partial charge in [-0.2, -0.15) is 0 Å². The number of aromatic nitrogens is 2. The van der Waals surface area contributed by atoms with Crippen LogP contribution in [0.2, 0.25) is 0 Å². The molecule has 0 spiro atoms. The molecule has 2 N–H and O–H groups in total. The van der Waals surface area contributed by atoms with Crippen molar-refractivity contribution in [1.82, 2.24) is 15.5 Å². The van der Waals surface area contributed by atoms with Gasteiger partial charge in [-0.05, 0) is 25.8 Å². The van der Waals surface area contributed by atoms with Crippen LogP contribution < -0.4 is 10.6 Å². The van der Waals surface area contributed by atoms with Crippen LogP contribution >= 0.6 is 23.1 Å². The summed E-state index contributed by atoms with van der Waals surface area (Å²) in [4.78, 5) is 12.1. The summed E-state index contributed by atoms with van der Waals surface area (Å²) in [5.41, 5.74) is 1.22. The summed E-state index contributed by atoms with van der Waals surface area (Å²) in [6.07, 6.45) is 0.841. The van der Waals surface area contributed by atoms with Gasteiger partial charge in [0.15, 0.2) is 4.34 Å². The van der Waals surface area contributed by atoms with E-state index >= 15 is 0 Å². The minimum absolute atomic E-state index is 0.0288. The van der Waals surface area contributed by atoms with Gasteiger partial charge in [-0.15, -0.1) is 10.2 Å². The lowest BCUT2D eigenvalue weighted by Crippen LogP contribution is -2.32. The van der Waals surface area contributed by atoms with Crippen molar-refractivity contribution >= 4 is 34.1 Å². The van der Waals surface area contributed by atoms with Gasteiger partial charge < -0.3 is 10.6 Å². The van der Waals surface area contributed by atoms with E-state index in [0.29, 0.717) is 6.54 Å². The van der Waals surface area contributed by atoms with Gasteiger partial charge in [0.25, 0.3) is 0 Å². The molecule has 1 heterocycles. The largest absolute Gasteiger partial charge is 0.360 e. The van der Waals surface area contributed by atoms with E-state index in [0.717, 1.165) is 22.4 Å². The number of amides is 1. The predicted octanol–water partition coefficient (Wildman–Crippen LogP) is 2.81. The average molecular weight is 336 g/mol. The Balaban J connectivity index is 1.74. The molecule has 0 bridgehead atoms. The van der Waals surface area contributed by atoms with Crippen LogP contribution in [-0.4, -0.2) is 34.4 Å². The van der Waals surface area contributed by atoms with Crippen molar-refractivity contribution in [2.45, 2.75) is 29.9 Å². The molecule has 0 aliphatic rings. The summed E-state index contributed by atoms with van der Waals surface area (Å²) in [6, 6.07) is 10.1. The van der Waals surface area contributed by atoms with Gasteiger partial charge in [-0.1, -0.05) is 53.4 Å². The van der Waals surface area contributed by atoms with E-state index in [2.05, 4.69) is 33.0 Å². The molecule has 1 aromatic carbocycles. The maximum atomic E-state index is 12.1. The predicted molar refractivity (Wildman–Crippen MR) is 92.5 cm³/mol. The monoisotopic (exact) mass is 336 g/mol. The Kier molecular flexibility index (Phi) is 6.67. The lowest BCUT2D eigenvalue weighted by Gasteiger charge is -2.10. The van der Waals surface area contributed by atoms with Crippen LogP contribution in [0.3, 0.4) is 0 Å². The van der Waals surface area contributed by atoms with Gasteiger partial charge in [-0.3, -0.25) is 4.79 Å². The normalized spacial score (nSPS) is 11.9. The maximum absolute atomic E-state index is 12.1. The zero-order valence-corrected chi connectivity index (χ0v) is 14.3. The van der Waals surface area contributed by atoms with Crippen molar-refractivity contribution in [3.63, 3.8) is 0 Å². The van der Waals surface area contributed by atoms with E-state index in [1.165, 1.54) is 28.7 Å². The van der Waals surface area contributed by atoms with Crippen molar-refractivity contribution in [3.05, 3.63) is 35.9 Å². The van der Waals surface area contributed by atoms with Crippen molar-refractivity contribution in [3.8, 4) is 0 Å². The van der Waals surface area contributed by atoms with Gasteiger partial charge >= 0.3 is 0 Å². The fourth-order valence-electron chi connectivity index (χ4n) is 1.80. The zero-order chi connectivity index (χ0) is 15.8. The quantitative estimate of drug-likeness (QED) is 0.726. The lowest BCUT2D eigenvalue weighted by atomic mass is 10.1. The molecule has 22 heavy (non-hydrogen) atoms. The van der Waals surface area contributed by atoms with E-state index in [4.69, 9.17) is 0 Å². The minimum Gasteiger partial charge on any atom is -0.360 e. The van der Waals surface area contributed by atoms with Crippen LogP contribution in [0.1, 0.15) is 19.4 Å². The number of hydrogen-bond acceptors (Lipinski definition) is 6. The minimum atomic E-state index is -0.182. The van der Waals surface area contributed by atoms with E-state index in [1.807, 2.05) is 32.0 Å². The molecule has 118 valence electrons. The fourth-order valence-corrected chi connectivity index (χ4v) is 3.79. The summed E-state index contributed by atoms with van der Waals surface area (Å²) >= 11 is 2.91. The third-order valence-electron chi connectivity index (χ3n) is 2.94. The van der Waals surface area contributed by atoms with Crippen LogP contribution in [-0.2, 0) is 11.2 Å². The molecule has 0 saturated carbocycles. The van der Waals surface area contributed by atoms with Gasteiger partial charge in [0.2, 0.25) is 11.0 Å². The first-order valence-corrected chi connectivity index (χ1v) is 8.94. The Morgan fingerprint density at radius 2 is 2.09 bits per heavy atom. The Morgan fingerprint density at radius 1 is 1.32 bits per heavy atom. The summed E-state index contributed by atoms with van der Waals surface area (Å²) in [5.74, 6) is 0.0288. The number of anilines is 1. The molecule has 2 aromatic rings. The molecule has 0 aliphatic carbocycles. The summed E-state index contributed by atoms with van der Waals surface area (Å²) in [6.45, 7) is 5.36. The third-order valence-corrected chi connectivity index (χ3v) is 5.00. The molecular weight excluding hydrogens is 316 g/mol. The smallest absolute Gasteiger partial charge is 0.233 e. The second kappa shape index (κ2) is 8.75. The number of thioether (sulfide) groups is 1. The Labute approximate surface area is 138 Å². The molecule has 0 saturated heterocycles. The Bertz CT molecular complexity index is 588. The summed E-state index contributed by atoms with van der Waals surface area (Å²) in [7, 11) is 0. The fraction of sp³-hybridized carbons (Fsp3) is 0.400. The first-order chi connectivity index (χ1) is 10.7. The lowest BCUT2D eigenvalue weighted by molar-refractivity contribution is -0.120. The number of nitrogens with zero attached hydrogens (tertiary/aromatic N) is 2. The Morgan fingerprint density at radius 3 is 2.82 bits per heavy atom. The van der Waals surface area contributed by atoms with Crippen molar-refractivity contribution in [2.24, 2.45) is 0 Å². The van der Waals surface area contributed by atoms with Gasteiger partial charge in [0.1, 0.15) is 0 Å². The molecule has 2 rings (SSSR count). The van der Waals surface area contributed by atoms with Gasteiger partial charge in [0, 0.05) is 13.1 Å². The standard InChI is InChI=1S/C15H20N4OS2/c1-3-16-14-18-19-15(22-14)21-11(2)13(20)17-10-9-12-7-5-4-6-8-12/h4-8,11H,3,9-10H2,1-2H3,(H,16,18)(H,17,20)/t11-/m1/s1. The van der Waals surface area contributed by atoms with Crippen LogP contribution in [0, 0.1) is 0 Å². The van der Waals surface area contributed by atoms with E-state index < -0.39 is 0 Å². The van der Waals surface area contributed by atoms with Gasteiger partial charge in [-0.25, -0.2) is 0 Å². The molecule has 1 aromatic heterocycles. The number of carbonyl (C=O) groups is 1. The van der Waals surface area contributed by atoms with E-state index in [1.54, 1.807) is 0 Å². The molecular formula is C15H20N4OS2. The van der Waals surface area contributed by atoms with Crippen LogP contribution in [0.4, 0.5) is 5.13 Å². The van der Waals surface area contributed by atoms with E-state index in [9.17, 15) is 4.79 Å².